The van der Waals surface area contributed by atoms with Gasteiger partial charge in [-0.15, -0.1) is 11.3 Å². The summed E-state index contributed by atoms with van der Waals surface area (Å²) in [6.45, 7) is 4.53. The average Bonchev–Trinajstić information content (AvgIpc) is 3.02. The zero-order valence-electron chi connectivity index (χ0n) is 11.5. The Kier molecular flexibility index (Phi) is 3.18. The molecule has 0 spiro atoms. The van der Waals surface area contributed by atoms with E-state index in [1.807, 2.05) is 31.4 Å². The number of rotatable bonds is 3. The fourth-order valence-electron chi connectivity index (χ4n) is 2.56. The summed E-state index contributed by atoms with van der Waals surface area (Å²) in [5.74, 6) is -0.778. The Morgan fingerprint density at radius 1 is 1.15 bits per heavy atom. The molecule has 0 N–H and O–H groups in total. The summed E-state index contributed by atoms with van der Waals surface area (Å²) in [6.07, 6.45) is 0.781. The molecule has 20 heavy (non-hydrogen) atoms. The number of fused-ring (bicyclic) bond motifs is 1. The summed E-state index contributed by atoms with van der Waals surface area (Å²) in [6, 6.07) is 7.72. The Labute approximate surface area is 121 Å². The molecule has 1 amide bonds. The van der Waals surface area contributed by atoms with Crippen molar-refractivity contribution in [2.75, 3.05) is 11.4 Å². The van der Waals surface area contributed by atoms with E-state index in [2.05, 4.69) is 6.07 Å². The van der Waals surface area contributed by atoms with Gasteiger partial charge in [-0.1, -0.05) is 12.1 Å². The predicted molar refractivity (Wildman–Crippen MR) is 80.6 cm³/mol. The fraction of sp³-hybridized carbons (Fsp3) is 0.250. The van der Waals surface area contributed by atoms with Gasteiger partial charge in [-0.25, -0.2) is 0 Å². The molecule has 0 saturated heterocycles. The van der Waals surface area contributed by atoms with E-state index < -0.39 is 5.91 Å². The Bertz CT molecular complexity index is 689. The van der Waals surface area contributed by atoms with Crippen molar-refractivity contribution in [1.82, 2.24) is 0 Å². The third kappa shape index (κ3) is 1.96. The highest BCUT2D eigenvalue weighted by molar-refractivity contribution is 7.09. The second kappa shape index (κ2) is 4.87. The van der Waals surface area contributed by atoms with E-state index in [0.717, 1.165) is 23.2 Å². The van der Waals surface area contributed by atoms with Gasteiger partial charge >= 0.3 is 0 Å². The van der Waals surface area contributed by atoms with Gasteiger partial charge in [0.15, 0.2) is 0 Å². The van der Waals surface area contributed by atoms with Gasteiger partial charge in [0.1, 0.15) is 0 Å². The van der Waals surface area contributed by atoms with E-state index >= 15 is 0 Å². The second-order valence-corrected chi connectivity index (χ2v) is 6.05. The minimum Gasteiger partial charge on any atom is -0.304 e. The largest absolute Gasteiger partial charge is 0.304 e. The molecule has 1 aromatic carbocycles. The summed E-state index contributed by atoms with van der Waals surface area (Å²) in [5.41, 5.74) is 3.47. The molecule has 1 aliphatic heterocycles. The smallest absolute Gasteiger partial charge is 0.299 e. The molecule has 0 atom stereocenters. The number of ketones is 1. The number of anilines is 1. The van der Waals surface area contributed by atoms with Crippen molar-refractivity contribution in [1.29, 1.82) is 0 Å². The van der Waals surface area contributed by atoms with Crippen LogP contribution in [0.25, 0.3) is 0 Å². The third-order valence-corrected chi connectivity index (χ3v) is 4.75. The molecule has 2 heterocycles. The van der Waals surface area contributed by atoms with Crippen molar-refractivity contribution in [2.24, 2.45) is 0 Å². The minimum absolute atomic E-state index is 0.380. The van der Waals surface area contributed by atoms with Crippen LogP contribution < -0.4 is 4.90 Å². The Morgan fingerprint density at radius 3 is 2.65 bits per heavy atom. The number of carbonyl (C=O) groups is 2. The van der Waals surface area contributed by atoms with Crippen molar-refractivity contribution < 1.29 is 9.59 Å². The molecular weight excluding hydrogens is 270 g/mol. The van der Waals surface area contributed by atoms with Gasteiger partial charge in [-0.3, -0.25) is 9.59 Å². The molecule has 102 valence electrons. The van der Waals surface area contributed by atoms with E-state index in [4.69, 9.17) is 0 Å². The first-order chi connectivity index (χ1) is 9.59. The van der Waals surface area contributed by atoms with Crippen LogP contribution in [0.15, 0.2) is 29.6 Å². The Balaban J connectivity index is 1.95. The maximum atomic E-state index is 12.2. The number of amides is 1. The first kappa shape index (κ1) is 13.1. The number of benzene rings is 1. The van der Waals surface area contributed by atoms with Crippen LogP contribution in [0.2, 0.25) is 0 Å². The van der Waals surface area contributed by atoms with Crippen LogP contribution in [0, 0.1) is 13.8 Å². The zero-order chi connectivity index (χ0) is 14.3. The van der Waals surface area contributed by atoms with E-state index in [1.54, 1.807) is 22.3 Å². The van der Waals surface area contributed by atoms with Gasteiger partial charge in [0.05, 0.1) is 11.3 Å². The van der Waals surface area contributed by atoms with Gasteiger partial charge in [0.2, 0.25) is 0 Å². The Hall–Kier alpha value is -1.94. The fourth-order valence-corrected chi connectivity index (χ4v) is 3.26. The molecule has 2 aromatic rings. The van der Waals surface area contributed by atoms with Crippen LogP contribution in [-0.2, 0) is 11.2 Å². The molecule has 1 aromatic heterocycles. The summed E-state index contributed by atoms with van der Waals surface area (Å²) in [7, 11) is 0. The lowest BCUT2D eigenvalue weighted by Gasteiger charge is -2.19. The summed E-state index contributed by atoms with van der Waals surface area (Å²) in [5, 5.41) is 2.02. The third-order valence-electron chi connectivity index (χ3n) is 3.82. The maximum absolute atomic E-state index is 12.2. The lowest BCUT2D eigenvalue weighted by molar-refractivity contribution is -0.114. The molecule has 4 heteroatoms. The van der Waals surface area contributed by atoms with E-state index in [0.29, 0.717) is 12.1 Å². The van der Waals surface area contributed by atoms with Gasteiger partial charge in [-0.2, -0.15) is 0 Å². The maximum Gasteiger partial charge on any atom is 0.299 e. The van der Waals surface area contributed by atoms with Crippen LogP contribution in [0.4, 0.5) is 5.69 Å². The Morgan fingerprint density at radius 2 is 1.95 bits per heavy atom. The van der Waals surface area contributed by atoms with E-state index in [1.165, 1.54) is 4.88 Å². The number of carbonyl (C=O) groups excluding carboxylic acids is 2. The lowest BCUT2D eigenvalue weighted by Crippen LogP contribution is -2.31. The first-order valence-electron chi connectivity index (χ1n) is 6.58. The first-order valence-corrected chi connectivity index (χ1v) is 7.46. The monoisotopic (exact) mass is 285 g/mol. The van der Waals surface area contributed by atoms with E-state index in [9.17, 15) is 9.59 Å². The van der Waals surface area contributed by atoms with Crippen molar-refractivity contribution in [3.63, 3.8) is 0 Å². The normalized spacial score (nSPS) is 14.0. The molecular formula is C16H15NO2S. The van der Waals surface area contributed by atoms with Crippen LogP contribution in [0.1, 0.15) is 26.4 Å². The topological polar surface area (TPSA) is 37.4 Å². The lowest BCUT2D eigenvalue weighted by atomic mass is 10.0. The highest BCUT2D eigenvalue weighted by Gasteiger charge is 2.36. The quantitative estimate of drug-likeness (QED) is 0.812. The van der Waals surface area contributed by atoms with Crippen LogP contribution in [0.3, 0.4) is 0 Å². The number of aryl methyl sites for hydroxylation is 1. The standard InChI is InChI=1S/C16H15NO2S/c1-10-5-6-13-14(11(10)2)17(16(19)15(13)18)8-7-12-4-3-9-20-12/h3-6,9H,7-8H2,1-2H3. The highest BCUT2D eigenvalue weighted by Crippen LogP contribution is 2.34. The van der Waals surface area contributed by atoms with E-state index in [-0.39, 0.29) is 5.78 Å². The second-order valence-electron chi connectivity index (χ2n) is 5.02. The number of hydrogen-bond acceptors (Lipinski definition) is 3. The van der Waals surface area contributed by atoms with Crippen molar-refractivity contribution >= 4 is 28.7 Å². The zero-order valence-corrected chi connectivity index (χ0v) is 12.3. The number of Topliss-reactive ketones (excluding diaryl/α,β-unsaturated/α-hetero) is 1. The summed E-state index contributed by atoms with van der Waals surface area (Å²) >= 11 is 1.67. The number of nitrogens with zero attached hydrogens (tertiary/aromatic N) is 1. The van der Waals surface area contributed by atoms with Gasteiger partial charge < -0.3 is 4.90 Å². The van der Waals surface area contributed by atoms with Gasteiger partial charge in [-0.05, 0) is 48.9 Å². The SMILES string of the molecule is Cc1ccc2c(c1C)N(CCc1cccs1)C(=O)C2=O. The summed E-state index contributed by atoms with van der Waals surface area (Å²) < 4.78 is 0. The molecule has 0 saturated carbocycles. The molecule has 0 unspecified atom stereocenters. The van der Waals surface area contributed by atoms with Crippen molar-refractivity contribution in [3.8, 4) is 0 Å². The number of hydrogen-bond donors (Lipinski definition) is 0. The molecule has 1 aliphatic rings. The molecule has 0 bridgehead atoms. The summed E-state index contributed by atoms with van der Waals surface area (Å²) in [4.78, 5) is 27.1. The van der Waals surface area contributed by atoms with Crippen LogP contribution >= 0.6 is 11.3 Å². The van der Waals surface area contributed by atoms with Crippen molar-refractivity contribution in [2.45, 2.75) is 20.3 Å². The molecule has 0 fully saturated rings. The van der Waals surface area contributed by atoms with Gasteiger partial charge in [0, 0.05) is 11.4 Å². The predicted octanol–water partition coefficient (Wildman–Crippen LogP) is 3.14. The van der Waals surface area contributed by atoms with Gasteiger partial charge in [0.25, 0.3) is 11.7 Å². The molecule has 0 radical (unpaired) electrons. The van der Waals surface area contributed by atoms with Crippen LogP contribution in [-0.4, -0.2) is 18.2 Å². The van der Waals surface area contributed by atoms with Crippen LogP contribution in [0.5, 0.6) is 0 Å². The number of thiophene rings is 1. The molecule has 0 aliphatic carbocycles. The minimum atomic E-state index is -0.398. The highest BCUT2D eigenvalue weighted by atomic mass is 32.1. The molecule has 3 rings (SSSR count). The van der Waals surface area contributed by atoms with Crippen molar-refractivity contribution in [3.05, 3.63) is 51.2 Å². The molecule has 3 nitrogen and oxygen atoms in total. The average molecular weight is 285 g/mol.